The summed E-state index contributed by atoms with van der Waals surface area (Å²) < 4.78 is 6.18. The van der Waals surface area contributed by atoms with Crippen LogP contribution in [0, 0.1) is 0 Å². The van der Waals surface area contributed by atoms with Gasteiger partial charge >= 0.3 is 5.97 Å². The molecule has 0 spiro atoms. The van der Waals surface area contributed by atoms with E-state index in [0.717, 1.165) is 4.68 Å². The molecule has 0 atom stereocenters. The predicted octanol–water partition coefficient (Wildman–Crippen LogP) is 2.88. The van der Waals surface area contributed by atoms with Gasteiger partial charge in [-0.2, -0.15) is 0 Å². The number of carboxylic acids is 1. The molecule has 2 aromatic carbocycles. The number of hydrogen-bond acceptors (Lipinski definition) is 4. The molecule has 1 heterocycles. The number of rotatable bonds is 7. The number of ether oxygens (including phenoxy) is 1. The van der Waals surface area contributed by atoms with E-state index >= 15 is 0 Å². The highest BCUT2D eigenvalue weighted by Crippen LogP contribution is 2.20. The van der Waals surface area contributed by atoms with E-state index in [1.54, 1.807) is 48.5 Å². The lowest BCUT2D eigenvalue weighted by molar-refractivity contribution is -0.136. The second-order valence-corrected chi connectivity index (χ2v) is 6.48. The number of methoxy groups -OCH3 is 1. The molecule has 0 saturated carbocycles. The minimum atomic E-state index is -1.16. The van der Waals surface area contributed by atoms with Gasteiger partial charge in [-0.05, 0) is 29.8 Å². The van der Waals surface area contributed by atoms with Gasteiger partial charge in [0.15, 0.2) is 5.78 Å². The summed E-state index contributed by atoms with van der Waals surface area (Å²) in [7, 11) is 1.54. The maximum Gasteiger partial charge on any atom is 0.309 e. The van der Waals surface area contributed by atoms with Crippen molar-refractivity contribution in [1.29, 1.82) is 0 Å². The number of aromatic amines is 1. The fraction of sp³-hybridized carbons (Fsp3) is 0.150. The zero-order chi connectivity index (χ0) is 20.3. The van der Waals surface area contributed by atoms with Crippen LogP contribution in [0.3, 0.4) is 0 Å². The molecule has 0 amide bonds. The molecule has 1 aromatic heterocycles. The van der Waals surface area contributed by atoms with E-state index in [9.17, 15) is 14.4 Å². The Bertz CT molecular complexity index is 1080. The Morgan fingerprint density at radius 3 is 2.39 bits per heavy atom. The average Bonchev–Trinajstić information content (AvgIpc) is 2.98. The third-order valence-corrected chi connectivity index (χ3v) is 4.51. The van der Waals surface area contributed by atoms with Gasteiger partial charge in [-0.25, -0.2) is 4.68 Å². The van der Waals surface area contributed by atoms with Crippen LogP contribution in [0.5, 0.6) is 5.75 Å². The first-order valence-corrected chi connectivity index (χ1v) is 8.75. The number of hydrogen-bond donors (Lipinski definition) is 2. The number of nitrogens with one attached hydrogen (secondary N) is 1. The molecule has 8 heteroatoms. The minimum absolute atomic E-state index is 0.0379. The van der Waals surface area contributed by atoms with E-state index in [1.807, 2.05) is 0 Å². The number of nitrogens with zero attached hydrogens (tertiary/aromatic N) is 1. The number of carbonyl (C=O) groups is 2. The highest BCUT2D eigenvalue weighted by atomic mass is 35.5. The van der Waals surface area contributed by atoms with Crippen LogP contribution in [0.15, 0.2) is 53.3 Å². The van der Waals surface area contributed by atoms with Crippen LogP contribution < -0.4 is 10.3 Å². The molecule has 0 radical (unpaired) electrons. The largest absolute Gasteiger partial charge is 0.497 e. The maximum absolute atomic E-state index is 12.9. The van der Waals surface area contributed by atoms with Crippen LogP contribution >= 0.6 is 11.6 Å². The van der Waals surface area contributed by atoms with Crippen LogP contribution in [0.2, 0.25) is 5.02 Å². The Morgan fingerprint density at radius 2 is 1.79 bits per heavy atom. The summed E-state index contributed by atoms with van der Waals surface area (Å²) in [5, 5.41) is 12.2. The van der Waals surface area contributed by atoms with Gasteiger partial charge in [0.2, 0.25) is 0 Å². The van der Waals surface area contributed by atoms with Crippen molar-refractivity contribution in [2.75, 3.05) is 7.11 Å². The van der Waals surface area contributed by atoms with Crippen LogP contribution in [0.1, 0.15) is 21.6 Å². The molecular formula is C20H17ClN2O5. The molecule has 3 aromatic rings. The Balaban J connectivity index is 2.02. The zero-order valence-corrected chi connectivity index (χ0v) is 15.7. The molecule has 144 valence electrons. The number of benzene rings is 2. The van der Waals surface area contributed by atoms with Gasteiger partial charge in [-0.3, -0.25) is 19.5 Å². The van der Waals surface area contributed by atoms with Crippen molar-refractivity contribution in [2.24, 2.45) is 0 Å². The number of halogens is 1. The summed E-state index contributed by atoms with van der Waals surface area (Å²) in [5.74, 6) is -0.995. The number of aliphatic carboxylic acids is 1. The molecule has 0 saturated heterocycles. The van der Waals surface area contributed by atoms with E-state index < -0.39 is 23.7 Å². The lowest BCUT2D eigenvalue weighted by Gasteiger charge is -2.03. The lowest BCUT2D eigenvalue weighted by atomic mass is 10.0. The predicted molar refractivity (Wildman–Crippen MR) is 104 cm³/mol. The molecule has 0 bridgehead atoms. The standard InChI is InChI=1S/C20H17ClN2O5/c1-28-13-8-6-12(7-9-13)10-17(24)19-15(11-18(25)26)22-23(20(19)27)16-5-3-2-4-14(16)21/h2-9,22H,10-11H2,1H3,(H,25,26). The highest BCUT2D eigenvalue weighted by Gasteiger charge is 2.24. The van der Waals surface area contributed by atoms with Crippen LogP contribution in [-0.4, -0.2) is 33.7 Å². The van der Waals surface area contributed by atoms with Gasteiger partial charge < -0.3 is 9.84 Å². The number of para-hydroxylation sites is 1. The van der Waals surface area contributed by atoms with Crippen LogP contribution in [-0.2, 0) is 17.6 Å². The van der Waals surface area contributed by atoms with Gasteiger partial charge in [0.1, 0.15) is 11.3 Å². The Kier molecular flexibility index (Phi) is 5.65. The molecule has 2 N–H and O–H groups in total. The van der Waals surface area contributed by atoms with Crippen molar-refractivity contribution in [2.45, 2.75) is 12.8 Å². The first-order valence-electron chi connectivity index (χ1n) is 8.37. The van der Waals surface area contributed by atoms with Crippen molar-refractivity contribution in [3.63, 3.8) is 0 Å². The normalized spacial score (nSPS) is 10.6. The quantitative estimate of drug-likeness (QED) is 0.594. The Hall–Kier alpha value is -3.32. The number of aromatic nitrogens is 2. The third kappa shape index (κ3) is 3.99. The van der Waals surface area contributed by atoms with Gasteiger partial charge in [-0.1, -0.05) is 35.9 Å². The first kappa shape index (κ1) is 19.4. The van der Waals surface area contributed by atoms with Crippen molar-refractivity contribution >= 4 is 23.4 Å². The lowest BCUT2D eigenvalue weighted by Crippen LogP contribution is -2.22. The van der Waals surface area contributed by atoms with Crippen LogP contribution in [0.4, 0.5) is 0 Å². The number of H-pyrrole nitrogens is 1. The number of carboxylic acid groups (broad SMARTS) is 1. The molecule has 0 aliphatic heterocycles. The van der Waals surface area contributed by atoms with E-state index in [-0.39, 0.29) is 17.7 Å². The topological polar surface area (TPSA) is 101 Å². The number of Topliss-reactive ketones (excluding diaryl/α,β-unsaturated/α-hetero) is 1. The fourth-order valence-electron chi connectivity index (χ4n) is 2.87. The summed E-state index contributed by atoms with van der Waals surface area (Å²) in [6.45, 7) is 0. The fourth-order valence-corrected chi connectivity index (χ4v) is 3.09. The summed E-state index contributed by atoms with van der Waals surface area (Å²) in [4.78, 5) is 36.9. The van der Waals surface area contributed by atoms with Crippen LogP contribution in [0.25, 0.3) is 5.69 Å². The van der Waals surface area contributed by atoms with Crippen molar-refractivity contribution in [3.05, 3.63) is 80.7 Å². The monoisotopic (exact) mass is 400 g/mol. The SMILES string of the molecule is COc1ccc(CC(=O)c2c(CC(=O)O)[nH]n(-c3ccccc3Cl)c2=O)cc1. The van der Waals surface area contributed by atoms with Gasteiger partial charge in [-0.15, -0.1) is 0 Å². The van der Waals surface area contributed by atoms with Crippen molar-refractivity contribution in [1.82, 2.24) is 9.78 Å². The Labute approximate surface area is 165 Å². The van der Waals surface area contributed by atoms with Gasteiger partial charge in [0.05, 0.1) is 29.9 Å². The molecule has 28 heavy (non-hydrogen) atoms. The second-order valence-electron chi connectivity index (χ2n) is 6.08. The van der Waals surface area contributed by atoms with E-state index in [4.69, 9.17) is 21.4 Å². The average molecular weight is 401 g/mol. The van der Waals surface area contributed by atoms with Crippen molar-refractivity contribution in [3.8, 4) is 11.4 Å². The molecule has 0 aliphatic carbocycles. The third-order valence-electron chi connectivity index (χ3n) is 4.19. The molecular weight excluding hydrogens is 384 g/mol. The summed E-state index contributed by atoms with van der Waals surface area (Å²) in [6.07, 6.45) is -0.539. The molecule has 0 unspecified atom stereocenters. The number of carbonyl (C=O) groups excluding carboxylic acids is 1. The highest BCUT2D eigenvalue weighted by molar-refractivity contribution is 6.32. The van der Waals surface area contributed by atoms with Gasteiger partial charge in [0.25, 0.3) is 5.56 Å². The maximum atomic E-state index is 12.9. The molecule has 0 aliphatic rings. The smallest absolute Gasteiger partial charge is 0.309 e. The first-order chi connectivity index (χ1) is 13.4. The molecule has 7 nitrogen and oxygen atoms in total. The van der Waals surface area contributed by atoms with E-state index in [0.29, 0.717) is 22.0 Å². The van der Waals surface area contributed by atoms with E-state index in [1.165, 1.54) is 7.11 Å². The summed E-state index contributed by atoms with van der Waals surface area (Å²) in [6, 6.07) is 13.4. The minimum Gasteiger partial charge on any atom is -0.497 e. The van der Waals surface area contributed by atoms with Gasteiger partial charge in [0, 0.05) is 6.42 Å². The number of ketones is 1. The second kappa shape index (κ2) is 8.14. The molecule has 0 fully saturated rings. The Morgan fingerprint density at radius 1 is 1.11 bits per heavy atom. The summed E-state index contributed by atoms with van der Waals surface area (Å²) in [5.41, 5.74) is 0.234. The van der Waals surface area contributed by atoms with E-state index in [2.05, 4.69) is 5.10 Å². The van der Waals surface area contributed by atoms with Crippen molar-refractivity contribution < 1.29 is 19.4 Å². The zero-order valence-electron chi connectivity index (χ0n) is 14.9. The molecule has 3 rings (SSSR count). The summed E-state index contributed by atoms with van der Waals surface area (Å²) >= 11 is 6.14.